The highest BCUT2D eigenvalue weighted by atomic mass is 19.1. The number of rotatable bonds is 1. The van der Waals surface area contributed by atoms with Crippen molar-refractivity contribution in [3.63, 3.8) is 0 Å². The lowest BCUT2D eigenvalue weighted by Gasteiger charge is -2.33. The summed E-state index contributed by atoms with van der Waals surface area (Å²) in [6, 6.07) is 1.48. The number of nitrogens with zero attached hydrogens (tertiary/aromatic N) is 2. The molecule has 2 aliphatic rings. The molecular weight excluding hydrogens is 243 g/mol. The summed E-state index contributed by atoms with van der Waals surface area (Å²) in [6.07, 6.45) is 9.95. The van der Waals surface area contributed by atoms with Crippen molar-refractivity contribution < 1.29 is 9.18 Å². The topological polar surface area (TPSA) is 33.2 Å². The predicted molar refractivity (Wildman–Crippen MR) is 70.2 cm³/mol. The van der Waals surface area contributed by atoms with Crippen molar-refractivity contribution in [2.45, 2.75) is 38.5 Å². The molecule has 1 aliphatic heterocycles. The fraction of sp³-hybridized carbons (Fsp3) is 0.600. The number of carbonyl (C=O) groups is 1. The van der Waals surface area contributed by atoms with Gasteiger partial charge < -0.3 is 4.90 Å². The van der Waals surface area contributed by atoms with Crippen molar-refractivity contribution in [2.24, 2.45) is 5.41 Å². The minimum atomic E-state index is -0.517. The lowest BCUT2D eigenvalue weighted by atomic mass is 9.73. The third kappa shape index (κ3) is 2.36. The highest BCUT2D eigenvalue weighted by Gasteiger charge is 2.40. The van der Waals surface area contributed by atoms with Gasteiger partial charge in [0.25, 0.3) is 5.91 Å². The molecule has 3 nitrogen and oxygen atoms in total. The van der Waals surface area contributed by atoms with Crippen molar-refractivity contribution in [3.05, 3.63) is 29.8 Å². The second kappa shape index (κ2) is 4.91. The van der Waals surface area contributed by atoms with Crippen LogP contribution in [0.5, 0.6) is 0 Å². The fourth-order valence-corrected chi connectivity index (χ4v) is 3.54. The van der Waals surface area contributed by atoms with Gasteiger partial charge in [0, 0.05) is 19.3 Å². The zero-order valence-electron chi connectivity index (χ0n) is 11.1. The number of hydrogen-bond acceptors (Lipinski definition) is 2. The quantitative estimate of drug-likeness (QED) is 0.779. The number of amides is 1. The Bertz CT molecular complexity index is 483. The van der Waals surface area contributed by atoms with E-state index in [9.17, 15) is 9.18 Å². The van der Waals surface area contributed by atoms with Crippen LogP contribution >= 0.6 is 0 Å². The molecule has 0 N–H and O–H groups in total. The van der Waals surface area contributed by atoms with Gasteiger partial charge in [-0.2, -0.15) is 0 Å². The van der Waals surface area contributed by atoms with Crippen LogP contribution in [0.2, 0.25) is 0 Å². The van der Waals surface area contributed by atoms with E-state index in [0.29, 0.717) is 5.41 Å². The molecule has 1 amide bonds. The molecule has 102 valence electrons. The average molecular weight is 262 g/mol. The summed E-state index contributed by atoms with van der Waals surface area (Å²) in [5, 5.41) is 0. The molecular formula is C15H19FN2O. The number of pyridine rings is 1. The number of hydrogen-bond donors (Lipinski definition) is 0. The Balaban J connectivity index is 1.74. The maximum Gasteiger partial charge on any atom is 0.256 e. The Morgan fingerprint density at radius 3 is 2.79 bits per heavy atom. The zero-order chi connectivity index (χ0) is 13.3. The molecule has 2 heterocycles. The summed E-state index contributed by atoms with van der Waals surface area (Å²) < 4.78 is 13.6. The standard InChI is InChI=1S/C15H19FN2O/c16-13-10-17-8-4-12(13)14(19)18-9-7-15(11-18)5-2-1-3-6-15/h4,8,10H,1-3,5-7,9,11H2. The lowest BCUT2D eigenvalue weighted by molar-refractivity contribution is 0.0754. The molecule has 1 saturated carbocycles. The van der Waals surface area contributed by atoms with Crippen LogP contribution in [0, 0.1) is 11.2 Å². The lowest BCUT2D eigenvalue weighted by Crippen LogP contribution is -2.33. The van der Waals surface area contributed by atoms with E-state index in [1.807, 2.05) is 4.90 Å². The van der Waals surface area contributed by atoms with E-state index in [1.54, 1.807) is 0 Å². The van der Waals surface area contributed by atoms with Gasteiger partial charge in [0.15, 0.2) is 5.82 Å². The first-order valence-electron chi connectivity index (χ1n) is 7.09. The van der Waals surface area contributed by atoms with Gasteiger partial charge in [0.1, 0.15) is 0 Å². The van der Waals surface area contributed by atoms with Crippen LogP contribution in [0.25, 0.3) is 0 Å². The van der Waals surface area contributed by atoms with Crippen LogP contribution in [0.1, 0.15) is 48.9 Å². The third-order valence-corrected chi connectivity index (χ3v) is 4.64. The van der Waals surface area contributed by atoms with Gasteiger partial charge in [-0.1, -0.05) is 19.3 Å². The van der Waals surface area contributed by atoms with Crippen LogP contribution in [0.3, 0.4) is 0 Å². The predicted octanol–water partition coefficient (Wildman–Crippen LogP) is 3.02. The van der Waals surface area contributed by atoms with Crippen molar-refractivity contribution in [1.29, 1.82) is 0 Å². The van der Waals surface area contributed by atoms with Gasteiger partial charge >= 0.3 is 0 Å². The van der Waals surface area contributed by atoms with E-state index in [0.717, 1.165) is 25.7 Å². The zero-order valence-corrected chi connectivity index (χ0v) is 11.1. The Kier molecular flexibility index (Phi) is 3.25. The van der Waals surface area contributed by atoms with Crippen LogP contribution in [0.4, 0.5) is 4.39 Å². The highest BCUT2D eigenvalue weighted by molar-refractivity contribution is 5.94. The van der Waals surface area contributed by atoms with Gasteiger partial charge in [-0.05, 0) is 30.7 Å². The van der Waals surface area contributed by atoms with E-state index in [2.05, 4.69) is 4.98 Å². The number of halogens is 1. The van der Waals surface area contributed by atoms with Crippen LogP contribution in [-0.2, 0) is 0 Å². The number of carbonyl (C=O) groups excluding carboxylic acids is 1. The molecule has 1 spiro atoms. The molecule has 1 aromatic rings. The van der Waals surface area contributed by atoms with Gasteiger partial charge in [0.05, 0.1) is 11.8 Å². The SMILES string of the molecule is O=C(c1ccncc1F)N1CCC2(CCCCC2)C1. The molecule has 0 atom stereocenters. The molecule has 0 radical (unpaired) electrons. The average Bonchev–Trinajstić information content (AvgIpc) is 2.83. The Morgan fingerprint density at radius 1 is 1.26 bits per heavy atom. The molecule has 2 fully saturated rings. The minimum absolute atomic E-state index is 0.155. The molecule has 0 unspecified atom stereocenters. The Labute approximate surface area is 112 Å². The molecule has 0 aromatic carbocycles. The summed E-state index contributed by atoms with van der Waals surface area (Å²) in [5.74, 6) is -0.695. The van der Waals surface area contributed by atoms with E-state index in [-0.39, 0.29) is 11.5 Å². The van der Waals surface area contributed by atoms with Crippen molar-refractivity contribution >= 4 is 5.91 Å². The second-order valence-electron chi connectivity index (χ2n) is 5.89. The van der Waals surface area contributed by atoms with Crippen molar-refractivity contribution in [2.75, 3.05) is 13.1 Å². The molecule has 0 bridgehead atoms. The number of likely N-dealkylation sites (tertiary alicyclic amines) is 1. The smallest absolute Gasteiger partial charge is 0.256 e. The van der Waals surface area contributed by atoms with Crippen molar-refractivity contribution in [3.8, 4) is 0 Å². The summed E-state index contributed by atoms with van der Waals surface area (Å²) >= 11 is 0. The first-order chi connectivity index (χ1) is 9.20. The Hall–Kier alpha value is -1.45. The van der Waals surface area contributed by atoms with Crippen LogP contribution in [-0.4, -0.2) is 28.9 Å². The van der Waals surface area contributed by atoms with E-state index in [4.69, 9.17) is 0 Å². The van der Waals surface area contributed by atoms with Crippen LogP contribution in [0.15, 0.2) is 18.5 Å². The summed E-state index contributed by atoms with van der Waals surface area (Å²) in [7, 11) is 0. The monoisotopic (exact) mass is 262 g/mol. The van der Waals surface area contributed by atoms with Crippen LogP contribution < -0.4 is 0 Å². The fourth-order valence-electron chi connectivity index (χ4n) is 3.54. The van der Waals surface area contributed by atoms with E-state index < -0.39 is 5.82 Å². The summed E-state index contributed by atoms with van der Waals surface area (Å²) in [6.45, 7) is 1.56. The Morgan fingerprint density at radius 2 is 2.05 bits per heavy atom. The third-order valence-electron chi connectivity index (χ3n) is 4.64. The molecule has 1 aromatic heterocycles. The first-order valence-corrected chi connectivity index (χ1v) is 7.09. The maximum atomic E-state index is 13.6. The molecule has 1 aliphatic carbocycles. The van der Waals surface area contributed by atoms with Gasteiger partial charge in [-0.15, -0.1) is 0 Å². The van der Waals surface area contributed by atoms with Gasteiger partial charge in [-0.3, -0.25) is 9.78 Å². The van der Waals surface area contributed by atoms with Gasteiger partial charge in [-0.25, -0.2) is 4.39 Å². The second-order valence-corrected chi connectivity index (χ2v) is 5.89. The summed E-state index contributed by atoms with van der Waals surface area (Å²) in [4.78, 5) is 17.9. The molecule has 1 saturated heterocycles. The maximum absolute atomic E-state index is 13.6. The van der Waals surface area contributed by atoms with Crippen molar-refractivity contribution in [1.82, 2.24) is 9.88 Å². The molecule has 19 heavy (non-hydrogen) atoms. The number of aromatic nitrogens is 1. The minimum Gasteiger partial charge on any atom is -0.338 e. The first kappa shape index (κ1) is 12.6. The summed E-state index contributed by atoms with van der Waals surface area (Å²) in [5.41, 5.74) is 0.472. The normalized spacial score (nSPS) is 21.8. The van der Waals surface area contributed by atoms with E-state index in [1.165, 1.54) is 44.4 Å². The van der Waals surface area contributed by atoms with E-state index >= 15 is 0 Å². The highest BCUT2D eigenvalue weighted by Crippen LogP contribution is 2.43. The largest absolute Gasteiger partial charge is 0.338 e. The van der Waals surface area contributed by atoms with Gasteiger partial charge in [0.2, 0.25) is 0 Å². The molecule has 3 rings (SSSR count). The molecule has 4 heteroatoms.